The Bertz CT molecular complexity index is 630. The first kappa shape index (κ1) is 20.8. The molecule has 0 spiro atoms. The SMILES string of the molecule is C=CCCC(NC(=O)c1cc(Cl)c(OCC(C)C)c(OC)c1)C(=O)O. The number of allylic oxidation sites excluding steroid dienone is 1. The Labute approximate surface area is 152 Å². The van der Waals surface area contributed by atoms with Crippen molar-refractivity contribution in [3.05, 3.63) is 35.4 Å². The number of hydrogen-bond donors (Lipinski definition) is 2. The third-order valence-electron chi connectivity index (χ3n) is 3.32. The van der Waals surface area contributed by atoms with Crippen LogP contribution in [-0.4, -0.2) is 36.7 Å². The predicted molar refractivity (Wildman–Crippen MR) is 96.7 cm³/mol. The molecule has 0 aromatic heterocycles. The van der Waals surface area contributed by atoms with Crippen molar-refractivity contribution >= 4 is 23.5 Å². The Kier molecular flexibility index (Phi) is 8.28. The van der Waals surface area contributed by atoms with E-state index in [1.807, 2.05) is 13.8 Å². The Hall–Kier alpha value is -2.21. The van der Waals surface area contributed by atoms with Gasteiger partial charge in [-0.3, -0.25) is 4.79 Å². The quantitative estimate of drug-likeness (QED) is 0.616. The largest absolute Gasteiger partial charge is 0.493 e. The molecule has 0 aliphatic carbocycles. The standard InChI is InChI=1S/C18H24ClNO5/c1-5-6-7-14(18(22)23)20-17(21)12-8-13(19)16(15(9-12)24-4)25-10-11(2)3/h5,8-9,11,14H,1,6-7,10H2,2-4H3,(H,20,21)(H,22,23). The summed E-state index contributed by atoms with van der Waals surface area (Å²) in [7, 11) is 1.44. The normalized spacial score (nSPS) is 11.7. The van der Waals surface area contributed by atoms with Crippen molar-refractivity contribution in [1.29, 1.82) is 0 Å². The minimum Gasteiger partial charge on any atom is -0.493 e. The van der Waals surface area contributed by atoms with E-state index in [0.29, 0.717) is 30.4 Å². The lowest BCUT2D eigenvalue weighted by atomic mass is 10.1. The van der Waals surface area contributed by atoms with Gasteiger partial charge in [-0.25, -0.2) is 4.79 Å². The van der Waals surface area contributed by atoms with Crippen LogP contribution < -0.4 is 14.8 Å². The van der Waals surface area contributed by atoms with Crippen LogP contribution in [0.2, 0.25) is 5.02 Å². The molecule has 1 rings (SSSR count). The van der Waals surface area contributed by atoms with Gasteiger partial charge in [-0.1, -0.05) is 31.5 Å². The number of rotatable bonds is 10. The molecule has 2 N–H and O–H groups in total. The Morgan fingerprint density at radius 2 is 2.08 bits per heavy atom. The number of nitrogens with one attached hydrogen (secondary N) is 1. The van der Waals surface area contributed by atoms with Crippen LogP contribution in [-0.2, 0) is 4.79 Å². The van der Waals surface area contributed by atoms with Crippen LogP contribution in [0.5, 0.6) is 11.5 Å². The van der Waals surface area contributed by atoms with Gasteiger partial charge in [0.25, 0.3) is 5.91 Å². The van der Waals surface area contributed by atoms with Crippen molar-refractivity contribution in [3.63, 3.8) is 0 Å². The molecule has 138 valence electrons. The monoisotopic (exact) mass is 369 g/mol. The summed E-state index contributed by atoms with van der Waals surface area (Å²) < 4.78 is 10.9. The Balaban J connectivity index is 3.00. The summed E-state index contributed by atoms with van der Waals surface area (Å²) in [6, 6.07) is 1.90. The molecular formula is C18H24ClNO5. The van der Waals surface area contributed by atoms with Crippen molar-refractivity contribution in [2.75, 3.05) is 13.7 Å². The smallest absolute Gasteiger partial charge is 0.326 e. The fraction of sp³-hybridized carbons (Fsp3) is 0.444. The van der Waals surface area contributed by atoms with Crippen LogP contribution in [0, 0.1) is 5.92 Å². The summed E-state index contributed by atoms with van der Waals surface area (Å²) in [6.07, 6.45) is 2.33. The summed E-state index contributed by atoms with van der Waals surface area (Å²) in [5.74, 6) is -0.686. The number of amides is 1. The molecule has 0 bridgehead atoms. The van der Waals surface area contributed by atoms with E-state index in [0.717, 1.165) is 0 Å². The summed E-state index contributed by atoms with van der Waals surface area (Å²) in [5.41, 5.74) is 0.198. The van der Waals surface area contributed by atoms with E-state index in [1.165, 1.54) is 19.2 Å². The zero-order chi connectivity index (χ0) is 19.0. The molecule has 25 heavy (non-hydrogen) atoms. The molecule has 0 aliphatic heterocycles. The average Bonchev–Trinajstić information content (AvgIpc) is 2.55. The first-order chi connectivity index (χ1) is 11.8. The summed E-state index contributed by atoms with van der Waals surface area (Å²) in [4.78, 5) is 23.6. The Morgan fingerprint density at radius 3 is 2.60 bits per heavy atom. The lowest BCUT2D eigenvalue weighted by Gasteiger charge is -2.17. The fourth-order valence-electron chi connectivity index (χ4n) is 2.02. The number of carbonyl (C=O) groups is 2. The van der Waals surface area contributed by atoms with Gasteiger partial charge in [-0.15, -0.1) is 6.58 Å². The van der Waals surface area contributed by atoms with E-state index < -0.39 is 17.9 Å². The number of carboxylic acid groups (broad SMARTS) is 1. The highest BCUT2D eigenvalue weighted by molar-refractivity contribution is 6.32. The minimum absolute atomic E-state index is 0.198. The first-order valence-electron chi connectivity index (χ1n) is 7.95. The van der Waals surface area contributed by atoms with Crippen LogP contribution in [0.4, 0.5) is 0 Å². The van der Waals surface area contributed by atoms with E-state index in [9.17, 15) is 14.7 Å². The number of halogens is 1. The molecule has 0 heterocycles. The summed E-state index contributed by atoms with van der Waals surface area (Å²) >= 11 is 6.21. The van der Waals surface area contributed by atoms with Gasteiger partial charge in [-0.2, -0.15) is 0 Å². The molecule has 7 heteroatoms. The number of benzene rings is 1. The van der Waals surface area contributed by atoms with E-state index in [4.69, 9.17) is 21.1 Å². The highest BCUT2D eigenvalue weighted by Crippen LogP contribution is 2.36. The molecule has 0 radical (unpaired) electrons. The number of carboxylic acids is 1. The van der Waals surface area contributed by atoms with Crippen LogP contribution in [0.25, 0.3) is 0 Å². The van der Waals surface area contributed by atoms with Crippen molar-refractivity contribution in [3.8, 4) is 11.5 Å². The second-order valence-electron chi connectivity index (χ2n) is 5.92. The Morgan fingerprint density at radius 1 is 1.40 bits per heavy atom. The summed E-state index contributed by atoms with van der Waals surface area (Å²) in [6.45, 7) is 7.99. The fourth-order valence-corrected chi connectivity index (χ4v) is 2.29. The second kappa shape index (κ2) is 9.93. The number of ether oxygens (including phenoxy) is 2. The molecule has 6 nitrogen and oxygen atoms in total. The van der Waals surface area contributed by atoms with Gasteiger partial charge in [0.2, 0.25) is 0 Å². The molecular weight excluding hydrogens is 346 g/mol. The molecule has 0 fully saturated rings. The topological polar surface area (TPSA) is 84.9 Å². The molecule has 0 saturated heterocycles. The maximum Gasteiger partial charge on any atom is 0.326 e. The van der Waals surface area contributed by atoms with E-state index in [2.05, 4.69) is 11.9 Å². The lowest BCUT2D eigenvalue weighted by Crippen LogP contribution is -2.40. The first-order valence-corrected chi connectivity index (χ1v) is 8.32. The van der Waals surface area contributed by atoms with E-state index >= 15 is 0 Å². The molecule has 0 aliphatic rings. The van der Waals surface area contributed by atoms with Crippen LogP contribution >= 0.6 is 11.6 Å². The van der Waals surface area contributed by atoms with Crippen molar-refractivity contribution in [1.82, 2.24) is 5.32 Å². The maximum absolute atomic E-state index is 12.4. The highest BCUT2D eigenvalue weighted by atomic mass is 35.5. The number of carbonyl (C=O) groups excluding carboxylic acids is 1. The third kappa shape index (κ3) is 6.31. The van der Waals surface area contributed by atoms with Crippen LogP contribution in [0.15, 0.2) is 24.8 Å². The summed E-state index contributed by atoms with van der Waals surface area (Å²) in [5, 5.41) is 11.9. The van der Waals surface area contributed by atoms with Gasteiger partial charge in [0.1, 0.15) is 6.04 Å². The van der Waals surface area contributed by atoms with Gasteiger partial charge in [0, 0.05) is 5.56 Å². The third-order valence-corrected chi connectivity index (χ3v) is 3.60. The van der Waals surface area contributed by atoms with Crippen LogP contribution in [0.1, 0.15) is 37.0 Å². The zero-order valence-electron chi connectivity index (χ0n) is 14.7. The van der Waals surface area contributed by atoms with Gasteiger partial charge in [0.05, 0.1) is 18.7 Å². The van der Waals surface area contributed by atoms with Gasteiger partial charge < -0.3 is 19.9 Å². The zero-order valence-corrected chi connectivity index (χ0v) is 15.4. The highest BCUT2D eigenvalue weighted by Gasteiger charge is 2.22. The van der Waals surface area contributed by atoms with Gasteiger partial charge in [-0.05, 0) is 30.9 Å². The molecule has 1 amide bonds. The number of methoxy groups -OCH3 is 1. The lowest BCUT2D eigenvalue weighted by molar-refractivity contribution is -0.139. The van der Waals surface area contributed by atoms with E-state index in [1.54, 1.807) is 6.08 Å². The molecule has 1 aromatic rings. The van der Waals surface area contributed by atoms with Crippen LogP contribution in [0.3, 0.4) is 0 Å². The average molecular weight is 370 g/mol. The molecule has 1 aromatic carbocycles. The van der Waals surface area contributed by atoms with Crippen molar-refractivity contribution in [2.45, 2.75) is 32.7 Å². The second-order valence-corrected chi connectivity index (χ2v) is 6.33. The number of aliphatic carboxylic acids is 1. The van der Waals surface area contributed by atoms with Gasteiger partial charge in [0.15, 0.2) is 11.5 Å². The van der Waals surface area contributed by atoms with Crippen molar-refractivity contribution < 1.29 is 24.2 Å². The predicted octanol–water partition coefficient (Wildman–Crippen LogP) is 3.53. The molecule has 0 saturated carbocycles. The molecule has 1 unspecified atom stereocenters. The minimum atomic E-state index is -1.11. The van der Waals surface area contributed by atoms with Crippen molar-refractivity contribution in [2.24, 2.45) is 5.92 Å². The maximum atomic E-state index is 12.4. The number of hydrogen-bond acceptors (Lipinski definition) is 4. The molecule has 1 atom stereocenters. The van der Waals surface area contributed by atoms with E-state index in [-0.39, 0.29) is 17.0 Å². The van der Waals surface area contributed by atoms with Gasteiger partial charge >= 0.3 is 5.97 Å².